The zero-order valence-corrected chi connectivity index (χ0v) is 22.1. The maximum absolute atomic E-state index is 13.0. The van der Waals surface area contributed by atoms with Crippen LogP contribution in [-0.4, -0.2) is 50.4 Å². The van der Waals surface area contributed by atoms with Gasteiger partial charge in [-0.1, -0.05) is 66.7 Å². The van der Waals surface area contributed by atoms with E-state index in [1.807, 2.05) is 43.3 Å². The van der Waals surface area contributed by atoms with Crippen LogP contribution in [0, 0.1) is 0 Å². The fourth-order valence-corrected chi connectivity index (χ4v) is 4.31. The van der Waals surface area contributed by atoms with Gasteiger partial charge in [-0.25, -0.2) is 9.59 Å². The van der Waals surface area contributed by atoms with E-state index in [2.05, 4.69) is 0 Å². The van der Waals surface area contributed by atoms with Gasteiger partial charge >= 0.3 is 17.9 Å². The van der Waals surface area contributed by atoms with Crippen LogP contribution in [0.1, 0.15) is 62.4 Å². The number of hydrogen-bond acceptors (Lipinski definition) is 8. The molecular weight excluding hydrogens is 488 g/mol. The summed E-state index contributed by atoms with van der Waals surface area (Å²) in [7, 11) is 2.89. The summed E-state index contributed by atoms with van der Waals surface area (Å²) in [6, 6.07) is 18.1. The fraction of sp³-hybridized carbons (Fsp3) is 0.433. The largest absolute Gasteiger partial charge is 0.463 e. The van der Waals surface area contributed by atoms with Gasteiger partial charge in [0.05, 0.1) is 12.5 Å². The van der Waals surface area contributed by atoms with Crippen molar-refractivity contribution >= 4 is 17.9 Å². The number of ether oxygens (including phenoxy) is 5. The molecule has 1 aliphatic heterocycles. The molecule has 0 N–H and O–H groups in total. The standard InChI is InChI=1S/C30H36O8/c1-21-12-10-17-24(37-29(32)27(34-2)22-13-6-4-7-14-22)18-11-19-25(20-26(31)36-21)38-30(33)28(35-3)23-15-8-5-9-16-23/h4-9,11,13-16,19,21,24-25,27-28H,10,12,17-18,20H2,1-3H3/b19-11+/t21-,24-,25-,27+,28+/m1/s1. The summed E-state index contributed by atoms with van der Waals surface area (Å²) in [4.78, 5) is 38.4. The Kier molecular flexibility index (Phi) is 11.5. The lowest BCUT2D eigenvalue weighted by atomic mass is 10.0. The smallest absolute Gasteiger partial charge is 0.340 e. The van der Waals surface area contributed by atoms with Crippen LogP contribution in [0.3, 0.4) is 0 Å². The number of carbonyl (C=O) groups is 3. The average Bonchev–Trinajstić information content (AvgIpc) is 2.90. The maximum Gasteiger partial charge on any atom is 0.340 e. The molecule has 0 bridgehead atoms. The van der Waals surface area contributed by atoms with Crippen LogP contribution in [-0.2, 0) is 38.1 Å². The summed E-state index contributed by atoms with van der Waals surface area (Å²) in [5, 5.41) is 0. The van der Waals surface area contributed by atoms with Gasteiger partial charge in [0.25, 0.3) is 0 Å². The van der Waals surface area contributed by atoms with Crippen molar-refractivity contribution in [2.24, 2.45) is 0 Å². The van der Waals surface area contributed by atoms with Crippen LogP contribution >= 0.6 is 0 Å². The minimum absolute atomic E-state index is 0.137. The van der Waals surface area contributed by atoms with E-state index in [9.17, 15) is 14.4 Å². The van der Waals surface area contributed by atoms with Gasteiger partial charge < -0.3 is 23.7 Å². The summed E-state index contributed by atoms with van der Waals surface area (Å²) in [6.45, 7) is 1.81. The Morgan fingerprint density at radius 1 is 0.842 bits per heavy atom. The second-order valence-electron chi connectivity index (χ2n) is 9.19. The van der Waals surface area contributed by atoms with Crippen LogP contribution in [0.5, 0.6) is 0 Å². The summed E-state index contributed by atoms with van der Waals surface area (Å²) >= 11 is 0. The van der Waals surface area contributed by atoms with Gasteiger partial charge in [-0.3, -0.25) is 4.79 Å². The molecule has 0 amide bonds. The van der Waals surface area contributed by atoms with Crippen molar-refractivity contribution in [3.63, 3.8) is 0 Å². The zero-order chi connectivity index (χ0) is 27.3. The van der Waals surface area contributed by atoms with Crippen LogP contribution in [0.15, 0.2) is 72.8 Å². The highest BCUT2D eigenvalue weighted by molar-refractivity contribution is 5.78. The van der Waals surface area contributed by atoms with Crippen molar-refractivity contribution in [2.75, 3.05) is 14.2 Å². The third kappa shape index (κ3) is 8.82. The summed E-state index contributed by atoms with van der Waals surface area (Å²) in [5.41, 5.74) is 1.36. The lowest BCUT2D eigenvalue weighted by Crippen LogP contribution is -2.28. The highest BCUT2D eigenvalue weighted by atomic mass is 16.6. The van der Waals surface area contributed by atoms with Gasteiger partial charge in [0.2, 0.25) is 0 Å². The Morgan fingerprint density at radius 2 is 1.39 bits per heavy atom. The normalized spacial score (nSPS) is 23.0. The van der Waals surface area contributed by atoms with E-state index >= 15 is 0 Å². The van der Waals surface area contributed by atoms with E-state index in [-0.39, 0.29) is 12.5 Å². The Labute approximate surface area is 223 Å². The molecule has 0 saturated carbocycles. The molecule has 2 aromatic carbocycles. The van der Waals surface area contributed by atoms with Gasteiger partial charge in [-0.2, -0.15) is 0 Å². The molecule has 0 spiro atoms. The predicted molar refractivity (Wildman–Crippen MR) is 140 cm³/mol. The van der Waals surface area contributed by atoms with Crippen molar-refractivity contribution in [3.05, 3.63) is 83.9 Å². The molecule has 0 unspecified atom stereocenters. The zero-order valence-electron chi connectivity index (χ0n) is 22.1. The third-order valence-corrected chi connectivity index (χ3v) is 6.24. The first-order valence-electron chi connectivity index (χ1n) is 12.8. The number of cyclic esters (lactones) is 1. The van der Waals surface area contributed by atoms with Crippen molar-refractivity contribution in [1.29, 1.82) is 0 Å². The highest BCUT2D eigenvalue weighted by Gasteiger charge is 2.28. The molecule has 0 radical (unpaired) electrons. The lowest BCUT2D eigenvalue weighted by molar-refractivity contribution is -0.163. The monoisotopic (exact) mass is 524 g/mol. The summed E-state index contributed by atoms with van der Waals surface area (Å²) in [5.74, 6) is -1.55. The quantitative estimate of drug-likeness (QED) is 0.269. The molecule has 0 fully saturated rings. The van der Waals surface area contributed by atoms with Crippen molar-refractivity contribution in [2.45, 2.75) is 69.5 Å². The SMILES string of the molecule is CO[C@H](C(=O)O[C@H]1C/C=C/[C@@H](OC(=O)[C@@H](OC)c2ccccc2)CC(=O)O[C@H](C)CCC1)c1ccccc1. The van der Waals surface area contributed by atoms with Gasteiger partial charge in [0, 0.05) is 20.6 Å². The van der Waals surface area contributed by atoms with Gasteiger partial charge in [0.15, 0.2) is 12.2 Å². The Bertz CT molecular complexity index is 1050. The minimum Gasteiger partial charge on any atom is -0.463 e. The summed E-state index contributed by atoms with van der Waals surface area (Å²) < 4.78 is 27.8. The molecular formula is C30H36O8. The second kappa shape index (κ2) is 15.1. The van der Waals surface area contributed by atoms with Gasteiger partial charge in [0.1, 0.15) is 12.2 Å². The fourth-order valence-electron chi connectivity index (χ4n) is 4.31. The molecule has 5 atom stereocenters. The van der Waals surface area contributed by atoms with E-state index in [4.69, 9.17) is 23.7 Å². The van der Waals surface area contributed by atoms with E-state index in [0.717, 1.165) is 0 Å². The molecule has 2 aromatic rings. The van der Waals surface area contributed by atoms with Crippen LogP contribution in [0.2, 0.25) is 0 Å². The van der Waals surface area contributed by atoms with Crippen molar-refractivity contribution in [1.82, 2.24) is 0 Å². The summed E-state index contributed by atoms with van der Waals surface area (Å²) in [6.07, 6.45) is 2.16. The van der Waals surface area contributed by atoms with Crippen LogP contribution < -0.4 is 0 Å². The number of carbonyl (C=O) groups excluding carboxylic acids is 3. The molecule has 8 nitrogen and oxygen atoms in total. The molecule has 204 valence electrons. The highest BCUT2D eigenvalue weighted by Crippen LogP contribution is 2.23. The minimum atomic E-state index is -0.932. The number of benzene rings is 2. The first kappa shape index (κ1) is 29.1. The maximum atomic E-state index is 13.0. The van der Waals surface area contributed by atoms with E-state index < -0.39 is 42.3 Å². The van der Waals surface area contributed by atoms with Crippen molar-refractivity contribution in [3.8, 4) is 0 Å². The molecule has 0 aliphatic carbocycles. The third-order valence-electron chi connectivity index (χ3n) is 6.24. The topological polar surface area (TPSA) is 97.4 Å². The molecule has 8 heteroatoms. The van der Waals surface area contributed by atoms with E-state index in [1.54, 1.807) is 36.4 Å². The first-order chi connectivity index (χ1) is 18.4. The Balaban J connectivity index is 1.72. The predicted octanol–water partition coefficient (Wildman–Crippen LogP) is 5.04. The number of rotatable bonds is 8. The Hall–Kier alpha value is -3.49. The van der Waals surface area contributed by atoms with Crippen LogP contribution in [0.4, 0.5) is 0 Å². The lowest BCUT2D eigenvalue weighted by Gasteiger charge is -2.23. The number of esters is 3. The van der Waals surface area contributed by atoms with E-state index in [0.29, 0.717) is 36.8 Å². The van der Waals surface area contributed by atoms with Crippen LogP contribution in [0.25, 0.3) is 0 Å². The molecule has 3 rings (SSSR count). The molecule has 1 heterocycles. The number of methoxy groups -OCH3 is 2. The van der Waals surface area contributed by atoms with Crippen molar-refractivity contribution < 1.29 is 38.1 Å². The second-order valence-corrected chi connectivity index (χ2v) is 9.19. The Morgan fingerprint density at radius 3 is 1.95 bits per heavy atom. The number of hydrogen-bond donors (Lipinski definition) is 0. The molecule has 1 aliphatic rings. The molecule has 0 aromatic heterocycles. The average molecular weight is 525 g/mol. The van der Waals surface area contributed by atoms with Gasteiger partial charge in [-0.15, -0.1) is 0 Å². The molecule has 38 heavy (non-hydrogen) atoms. The first-order valence-corrected chi connectivity index (χ1v) is 12.8. The van der Waals surface area contributed by atoms with E-state index in [1.165, 1.54) is 14.2 Å². The van der Waals surface area contributed by atoms with Gasteiger partial charge in [-0.05, 0) is 43.4 Å². The molecule has 0 saturated heterocycles.